The predicted octanol–water partition coefficient (Wildman–Crippen LogP) is 3.81. The molecule has 29 heavy (non-hydrogen) atoms. The van der Waals surface area contributed by atoms with Gasteiger partial charge in [0.25, 0.3) is 11.8 Å². The Kier molecular flexibility index (Phi) is 5.03. The highest BCUT2D eigenvalue weighted by atomic mass is 19.1. The van der Waals surface area contributed by atoms with Gasteiger partial charge in [-0.25, -0.2) is 8.78 Å². The zero-order valence-corrected chi connectivity index (χ0v) is 15.4. The van der Waals surface area contributed by atoms with Crippen LogP contribution in [0.3, 0.4) is 0 Å². The molecule has 1 aromatic heterocycles. The average Bonchev–Trinajstić information content (AvgIpc) is 2.75. The smallest absolute Gasteiger partial charge is 0.257 e. The largest absolute Gasteiger partial charge is 0.334 e. The maximum absolute atomic E-state index is 13.8. The van der Waals surface area contributed by atoms with Crippen LogP contribution < -0.4 is 5.32 Å². The zero-order valence-electron chi connectivity index (χ0n) is 15.4. The first-order valence-corrected chi connectivity index (χ1v) is 9.09. The van der Waals surface area contributed by atoms with Crippen LogP contribution in [0, 0.1) is 11.6 Å². The summed E-state index contributed by atoms with van der Waals surface area (Å²) in [6.45, 7) is 1.07. The highest BCUT2D eigenvalue weighted by molar-refractivity contribution is 6.05. The fraction of sp³-hybridized carbons (Fsp3) is 0.136. The van der Waals surface area contributed by atoms with Crippen LogP contribution >= 0.6 is 0 Å². The van der Waals surface area contributed by atoms with Gasteiger partial charge in [0.15, 0.2) is 0 Å². The van der Waals surface area contributed by atoms with Gasteiger partial charge in [0, 0.05) is 31.5 Å². The van der Waals surface area contributed by atoms with Crippen molar-refractivity contribution in [2.75, 3.05) is 11.9 Å². The van der Waals surface area contributed by atoms with Gasteiger partial charge in [-0.2, -0.15) is 0 Å². The molecule has 0 unspecified atom stereocenters. The number of halogens is 2. The van der Waals surface area contributed by atoms with Crippen molar-refractivity contribution in [3.63, 3.8) is 0 Å². The Labute approximate surface area is 166 Å². The number of aromatic nitrogens is 1. The maximum Gasteiger partial charge on any atom is 0.257 e. The van der Waals surface area contributed by atoms with Crippen molar-refractivity contribution in [1.29, 1.82) is 0 Å². The third kappa shape index (κ3) is 3.99. The van der Waals surface area contributed by atoms with E-state index in [0.29, 0.717) is 19.2 Å². The summed E-state index contributed by atoms with van der Waals surface area (Å²) in [5.41, 5.74) is 2.55. The lowest BCUT2D eigenvalue weighted by atomic mass is 9.99. The van der Waals surface area contributed by atoms with Crippen LogP contribution in [0.4, 0.5) is 14.5 Å². The first kappa shape index (κ1) is 18.7. The first-order valence-electron chi connectivity index (χ1n) is 9.09. The van der Waals surface area contributed by atoms with Gasteiger partial charge in [0.2, 0.25) is 0 Å². The summed E-state index contributed by atoms with van der Waals surface area (Å²) in [6, 6.07) is 12.3. The minimum Gasteiger partial charge on any atom is -0.334 e. The lowest BCUT2D eigenvalue weighted by Gasteiger charge is -2.28. The lowest BCUT2D eigenvalue weighted by molar-refractivity contribution is 0.0734. The lowest BCUT2D eigenvalue weighted by Crippen LogP contribution is -2.36. The molecule has 7 heteroatoms. The first-order chi connectivity index (χ1) is 14.0. The number of nitrogens with zero attached hydrogens (tertiary/aromatic N) is 2. The maximum atomic E-state index is 13.8. The van der Waals surface area contributed by atoms with Gasteiger partial charge in [-0.1, -0.05) is 24.3 Å². The molecule has 0 saturated heterocycles. The SMILES string of the molecule is O=C(Nc1ccc(F)cc1F)c1cncc(C(=O)N2CCc3ccccc3C2)c1. The molecule has 0 fully saturated rings. The number of rotatable bonds is 3. The van der Waals surface area contributed by atoms with Crippen LogP contribution in [-0.2, 0) is 13.0 Å². The molecule has 1 aliphatic rings. The van der Waals surface area contributed by atoms with Crippen LogP contribution in [0.5, 0.6) is 0 Å². The van der Waals surface area contributed by atoms with Crippen molar-refractivity contribution in [2.24, 2.45) is 0 Å². The fourth-order valence-corrected chi connectivity index (χ4v) is 3.32. The van der Waals surface area contributed by atoms with E-state index in [0.717, 1.165) is 24.1 Å². The van der Waals surface area contributed by atoms with Crippen LogP contribution in [0.1, 0.15) is 31.8 Å². The molecule has 0 atom stereocenters. The average molecular weight is 393 g/mol. The topological polar surface area (TPSA) is 62.3 Å². The highest BCUT2D eigenvalue weighted by Gasteiger charge is 2.22. The highest BCUT2D eigenvalue weighted by Crippen LogP contribution is 2.21. The normalized spacial score (nSPS) is 13.0. The molecule has 146 valence electrons. The molecule has 2 aromatic carbocycles. The Morgan fingerprint density at radius 2 is 1.72 bits per heavy atom. The molecular formula is C22H17F2N3O2. The summed E-state index contributed by atoms with van der Waals surface area (Å²) in [4.78, 5) is 31.0. The van der Waals surface area contributed by atoms with Crippen molar-refractivity contribution >= 4 is 17.5 Å². The molecule has 0 saturated carbocycles. The molecule has 3 aromatic rings. The summed E-state index contributed by atoms with van der Waals surface area (Å²) in [7, 11) is 0. The molecular weight excluding hydrogens is 376 g/mol. The van der Waals surface area contributed by atoms with Crippen molar-refractivity contribution in [3.05, 3.63) is 94.8 Å². The zero-order chi connectivity index (χ0) is 20.4. The predicted molar refractivity (Wildman–Crippen MR) is 103 cm³/mol. The molecule has 1 aliphatic heterocycles. The molecule has 0 spiro atoms. The van der Waals surface area contributed by atoms with Gasteiger partial charge < -0.3 is 10.2 Å². The minimum absolute atomic E-state index is 0.108. The molecule has 0 radical (unpaired) electrons. The quantitative estimate of drug-likeness (QED) is 0.736. The molecule has 2 amide bonds. The number of benzene rings is 2. The third-order valence-electron chi connectivity index (χ3n) is 4.84. The Hall–Kier alpha value is -3.61. The summed E-state index contributed by atoms with van der Waals surface area (Å²) < 4.78 is 26.8. The number of anilines is 1. The second kappa shape index (κ2) is 7.79. The fourth-order valence-electron chi connectivity index (χ4n) is 3.32. The van der Waals surface area contributed by atoms with Crippen LogP contribution in [0.15, 0.2) is 60.9 Å². The van der Waals surface area contributed by atoms with Crippen LogP contribution in [0.2, 0.25) is 0 Å². The second-order valence-electron chi connectivity index (χ2n) is 6.79. The number of pyridine rings is 1. The summed E-state index contributed by atoms with van der Waals surface area (Å²) in [5.74, 6) is -2.49. The number of hydrogen-bond acceptors (Lipinski definition) is 3. The molecule has 1 N–H and O–H groups in total. The van der Waals surface area contributed by atoms with E-state index < -0.39 is 17.5 Å². The molecule has 5 nitrogen and oxygen atoms in total. The van der Waals surface area contributed by atoms with E-state index in [2.05, 4.69) is 16.4 Å². The van der Waals surface area contributed by atoms with E-state index in [-0.39, 0.29) is 22.7 Å². The molecule has 2 heterocycles. The Bertz CT molecular complexity index is 1100. The van der Waals surface area contributed by atoms with E-state index in [1.165, 1.54) is 24.0 Å². The monoisotopic (exact) mass is 393 g/mol. The van der Waals surface area contributed by atoms with Gasteiger partial charge in [0.1, 0.15) is 11.6 Å². The number of carbonyl (C=O) groups is 2. The van der Waals surface area contributed by atoms with Crippen LogP contribution in [-0.4, -0.2) is 28.2 Å². The van der Waals surface area contributed by atoms with Gasteiger partial charge in [-0.15, -0.1) is 0 Å². The van der Waals surface area contributed by atoms with Gasteiger partial charge in [0.05, 0.1) is 16.8 Å². The molecule has 0 aliphatic carbocycles. The number of fused-ring (bicyclic) bond motifs is 1. The number of amides is 2. The minimum atomic E-state index is -0.884. The molecule has 4 rings (SSSR count). The van der Waals surface area contributed by atoms with Gasteiger partial charge >= 0.3 is 0 Å². The van der Waals surface area contributed by atoms with E-state index in [1.807, 2.05) is 18.2 Å². The van der Waals surface area contributed by atoms with E-state index in [9.17, 15) is 18.4 Å². The number of carbonyl (C=O) groups excluding carboxylic acids is 2. The van der Waals surface area contributed by atoms with E-state index in [1.54, 1.807) is 4.90 Å². The van der Waals surface area contributed by atoms with Gasteiger partial charge in [-0.05, 0) is 35.7 Å². The summed E-state index contributed by atoms with van der Waals surface area (Å²) in [5, 5.41) is 2.37. The number of hydrogen-bond donors (Lipinski definition) is 1. The van der Waals surface area contributed by atoms with Crippen molar-refractivity contribution < 1.29 is 18.4 Å². The molecule has 0 bridgehead atoms. The Balaban J connectivity index is 1.51. The van der Waals surface area contributed by atoms with Gasteiger partial charge in [-0.3, -0.25) is 14.6 Å². The van der Waals surface area contributed by atoms with Crippen molar-refractivity contribution in [3.8, 4) is 0 Å². The Morgan fingerprint density at radius 1 is 0.966 bits per heavy atom. The van der Waals surface area contributed by atoms with E-state index in [4.69, 9.17) is 0 Å². The second-order valence-corrected chi connectivity index (χ2v) is 6.79. The van der Waals surface area contributed by atoms with Crippen LogP contribution in [0.25, 0.3) is 0 Å². The third-order valence-corrected chi connectivity index (χ3v) is 4.84. The Morgan fingerprint density at radius 3 is 2.52 bits per heavy atom. The van der Waals surface area contributed by atoms with Crippen molar-refractivity contribution in [2.45, 2.75) is 13.0 Å². The summed E-state index contributed by atoms with van der Waals surface area (Å²) >= 11 is 0. The van der Waals surface area contributed by atoms with E-state index >= 15 is 0 Å². The summed E-state index contributed by atoms with van der Waals surface area (Å²) in [6.07, 6.45) is 3.45. The van der Waals surface area contributed by atoms with Crippen molar-refractivity contribution in [1.82, 2.24) is 9.88 Å². The number of nitrogens with one attached hydrogen (secondary N) is 1. The standard InChI is InChI=1S/C22H17F2N3O2/c23-18-5-6-20(19(24)10-18)26-21(28)16-9-17(12-25-11-16)22(29)27-8-7-14-3-1-2-4-15(14)13-27/h1-6,9-12H,7-8,13H2,(H,26,28).